The van der Waals surface area contributed by atoms with Crippen LogP contribution in [0.3, 0.4) is 0 Å². The van der Waals surface area contributed by atoms with Gasteiger partial charge < -0.3 is 14.5 Å². The quantitative estimate of drug-likeness (QED) is 0.614. The van der Waals surface area contributed by atoms with Gasteiger partial charge in [-0.2, -0.15) is 5.26 Å². The van der Waals surface area contributed by atoms with Crippen LogP contribution in [0.15, 0.2) is 35.5 Å². The van der Waals surface area contributed by atoms with Crippen molar-refractivity contribution in [2.24, 2.45) is 0 Å². The van der Waals surface area contributed by atoms with Gasteiger partial charge in [0.25, 0.3) is 0 Å². The number of para-hydroxylation sites is 1. The third kappa shape index (κ3) is 5.08. The summed E-state index contributed by atoms with van der Waals surface area (Å²) in [5, 5.41) is 18.1. The normalized spacial score (nSPS) is 15.0. The Kier molecular flexibility index (Phi) is 7.49. The van der Waals surface area contributed by atoms with E-state index in [0.717, 1.165) is 36.4 Å². The molecule has 2 aromatic rings. The Morgan fingerprint density at radius 2 is 2.03 bits per heavy atom. The van der Waals surface area contributed by atoms with Crippen molar-refractivity contribution in [1.82, 2.24) is 14.8 Å². The van der Waals surface area contributed by atoms with Crippen molar-refractivity contribution < 1.29 is 9.53 Å². The molecule has 0 N–H and O–H groups in total. The molecule has 0 unspecified atom stereocenters. The first kappa shape index (κ1) is 21.1. The number of rotatable bonds is 8. The van der Waals surface area contributed by atoms with E-state index in [1.807, 2.05) is 48.7 Å². The highest BCUT2D eigenvalue weighted by atomic mass is 32.2. The highest BCUT2D eigenvalue weighted by Crippen LogP contribution is 2.28. The fraction of sp³-hybridized carbons (Fsp3) is 0.500. The second-order valence-electron chi connectivity index (χ2n) is 6.62. The van der Waals surface area contributed by atoms with Crippen LogP contribution in [0.1, 0.15) is 20.3 Å². The molecule has 0 spiro atoms. The number of aromatic nitrogens is 3. The maximum Gasteiger partial charge on any atom is 0.240 e. The number of benzene rings is 1. The molecule has 0 radical (unpaired) electrons. The SMILES string of the molecule is CCn1c(S[C@H](C)C(=O)N(CCC#N)c2ccccc2)nnc1N1CCOCC1. The number of carbonyl (C=O) groups excluding carboxylic acids is 1. The number of hydrogen-bond acceptors (Lipinski definition) is 7. The van der Waals surface area contributed by atoms with Gasteiger partial charge in [-0.05, 0) is 26.0 Å². The topological polar surface area (TPSA) is 87.3 Å². The van der Waals surface area contributed by atoms with Gasteiger partial charge in [0.15, 0.2) is 5.16 Å². The average Bonchev–Trinajstić information content (AvgIpc) is 3.17. The van der Waals surface area contributed by atoms with Crippen LogP contribution in [-0.4, -0.2) is 58.8 Å². The van der Waals surface area contributed by atoms with Crippen LogP contribution in [0.2, 0.25) is 0 Å². The van der Waals surface area contributed by atoms with Gasteiger partial charge in [-0.15, -0.1) is 10.2 Å². The van der Waals surface area contributed by atoms with Crippen molar-refractivity contribution >= 4 is 29.3 Å². The molecule has 29 heavy (non-hydrogen) atoms. The fourth-order valence-corrected chi connectivity index (χ4v) is 4.18. The number of amides is 1. The number of hydrogen-bond donors (Lipinski definition) is 0. The number of nitriles is 1. The summed E-state index contributed by atoms with van der Waals surface area (Å²) >= 11 is 1.40. The van der Waals surface area contributed by atoms with Gasteiger partial charge in [-0.25, -0.2) is 0 Å². The average molecular weight is 415 g/mol. The fourth-order valence-electron chi connectivity index (χ4n) is 3.21. The molecule has 1 amide bonds. The summed E-state index contributed by atoms with van der Waals surface area (Å²) < 4.78 is 7.46. The molecule has 2 heterocycles. The minimum Gasteiger partial charge on any atom is -0.378 e. The Morgan fingerprint density at radius 1 is 1.31 bits per heavy atom. The highest BCUT2D eigenvalue weighted by molar-refractivity contribution is 8.00. The lowest BCUT2D eigenvalue weighted by Crippen LogP contribution is -2.38. The van der Waals surface area contributed by atoms with Crippen LogP contribution in [-0.2, 0) is 16.1 Å². The number of morpholine rings is 1. The maximum absolute atomic E-state index is 13.2. The summed E-state index contributed by atoms with van der Waals surface area (Å²) in [5.41, 5.74) is 0.797. The summed E-state index contributed by atoms with van der Waals surface area (Å²) in [5.74, 6) is 0.775. The Labute approximate surface area is 175 Å². The third-order valence-electron chi connectivity index (χ3n) is 4.72. The first-order valence-corrected chi connectivity index (χ1v) is 10.7. The van der Waals surface area contributed by atoms with Crippen LogP contribution >= 0.6 is 11.8 Å². The zero-order chi connectivity index (χ0) is 20.6. The Hall–Kier alpha value is -2.57. The summed E-state index contributed by atoms with van der Waals surface area (Å²) in [6.45, 7) is 7.94. The zero-order valence-electron chi connectivity index (χ0n) is 16.8. The Balaban J connectivity index is 1.76. The molecule has 1 aromatic carbocycles. The number of thioether (sulfide) groups is 1. The van der Waals surface area contributed by atoms with Crippen LogP contribution in [0.5, 0.6) is 0 Å². The van der Waals surface area contributed by atoms with E-state index in [2.05, 4.69) is 21.2 Å². The molecule has 1 saturated heterocycles. The lowest BCUT2D eigenvalue weighted by molar-refractivity contribution is -0.117. The molecule has 0 saturated carbocycles. The van der Waals surface area contributed by atoms with Crippen LogP contribution < -0.4 is 9.80 Å². The van der Waals surface area contributed by atoms with E-state index in [4.69, 9.17) is 10.00 Å². The van der Waals surface area contributed by atoms with E-state index in [1.54, 1.807) is 4.90 Å². The molecular formula is C20H26N6O2S. The van der Waals surface area contributed by atoms with Crippen molar-refractivity contribution in [1.29, 1.82) is 5.26 Å². The van der Waals surface area contributed by atoms with E-state index in [1.165, 1.54) is 11.8 Å². The van der Waals surface area contributed by atoms with Crippen molar-refractivity contribution in [3.05, 3.63) is 30.3 Å². The van der Waals surface area contributed by atoms with Crippen molar-refractivity contribution in [2.45, 2.75) is 37.2 Å². The van der Waals surface area contributed by atoms with Crippen LogP contribution in [0.25, 0.3) is 0 Å². The minimum absolute atomic E-state index is 0.0463. The second-order valence-corrected chi connectivity index (χ2v) is 7.93. The molecule has 1 atom stereocenters. The molecular weight excluding hydrogens is 388 g/mol. The first-order valence-electron chi connectivity index (χ1n) is 9.81. The molecule has 0 aliphatic carbocycles. The predicted octanol–water partition coefficient (Wildman–Crippen LogP) is 2.56. The van der Waals surface area contributed by atoms with E-state index in [0.29, 0.717) is 19.8 Å². The zero-order valence-corrected chi connectivity index (χ0v) is 17.6. The van der Waals surface area contributed by atoms with Gasteiger partial charge in [-0.3, -0.25) is 9.36 Å². The lowest BCUT2D eigenvalue weighted by Gasteiger charge is -2.28. The van der Waals surface area contributed by atoms with E-state index in [9.17, 15) is 4.79 Å². The summed E-state index contributed by atoms with van der Waals surface area (Å²) in [4.78, 5) is 17.0. The van der Waals surface area contributed by atoms with Gasteiger partial charge in [-0.1, -0.05) is 30.0 Å². The van der Waals surface area contributed by atoms with Gasteiger partial charge in [0.05, 0.1) is 31.0 Å². The minimum atomic E-state index is -0.360. The highest BCUT2D eigenvalue weighted by Gasteiger charge is 2.26. The second kappa shape index (κ2) is 10.3. The maximum atomic E-state index is 13.2. The molecule has 0 bridgehead atoms. The van der Waals surface area contributed by atoms with Crippen LogP contribution in [0, 0.1) is 11.3 Å². The van der Waals surface area contributed by atoms with Gasteiger partial charge in [0.2, 0.25) is 11.9 Å². The van der Waals surface area contributed by atoms with Crippen molar-refractivity contribution in [3.8, 4) is 6.07 Å². The predicted molar refractivity (Wildman–Crippen MR) is 113 cm³/mol. The lowest BCUT2D eigenvalue weighted by atomic mass is 10.2. The summed E-state index contributed by atoms with van der Waals surface area (Å²) in [6, 6.07) is 11.6. The number of carbonyl (C=O) groups is 1. The molecule has 154 valence electrons. The van der Waals surface area contributed by atoms with Crippen molar-refractivity contribution in [3.63, 3.8) is 0 Å². The van der Waals surface area contributed by atoms with Gasteiger partial charge in [0, 0.05) is 31.9 Å². The molecule has 1 aliphatic rings. The number of anilines is 2. The number of nitrogens with zero attached hydrogens (tertiary/aromatic N) is 6. The molecule has 1 fully saturated rings. The largest absolute Gasteiger partial charge is 0.378 e. The summed E-state index contributed by atoms with van der Waals surface area (Å²) in [6.07, 6.45) is 0.282. The van der Waals surface area contributed by atoms with Gasteiger partial charge >= 0.3 is 0 Å². The number of ether oxygens (including phenoxy) is 1. The van der Waals surface area contributed by atoms with E-state index >= 15 is 0 Å². The smallest absolute Gasteiger partial charge is 0.240 e. The van der Waals surface area contributed by atoms with Crippen LogP contribution in [0.4, 0.5) is 11.6 Å². The third-order valence-corrected chi connectivity index (χ3v) is 5.79. The molecule has 3 rings (SSSR count). The first-order chi connectivity index (χ1) is 14.2. The molecule has 8 nitrogen and oxygen atoms in total. The van der Waals surface area contributed by atoms with E-state index < -0.39 is 0 Å². The summed E-state index contributed by atoms with van der Waals surface area (Å²) in [7, 11) is 0. The van der Waals surface area contributed by atoms with Gasteiger partial charge in [0.1, 0.15) is 0 Å². The molecule has 1 aromatic heterocycles. The standard InChI is InChI=1S/C20H26N6O2S/c1-3-25-19(24-12-14-28-15-13-24)22-23-20(25)29-16(2)18(27)26(11-7-10-21)17-8-5-4-6-9-17/h4-6,8-9,16H,3,7,11-15H2,1-2H3/t16-/m1/s1. The monoisotopic (exact) mass is 414 g/mol. The van der Waals surface area contributed by atoms with E-state index in [-0.39, 0.29) is 17.6 Å². The Morgan fingerprint density at radius 3 is 2.69 bits per heavy atom. The molecule has 1 aliphatic heterocycles. The molecule has 9 heteroatoms. The Bertz CT molecular complexity index is 844. The van der Waals surface area contributed by atoms with Crippen molar-refractivity contribution in [2.75, 3.05) is 42.6 Å².